The van der Waals surface area contributed by atoms with E-state index in [1.54, 1.807) is 33.7 Å². The molecule has 2 rings (SSSR count). The molecule has 0 amide bonds. The number of rotatable bonds is 5. The van der Waals surface area contributed by atoms with Crippen molar-refractivity contribution in [1.29, 1.82) is 0 Å². The van der Waals surface area contributed by atoms with E-state index >= 15 is 0 Å². The van der Waals surface area contributed by atoms with Gasteiger partial charge in [-0.1, -0.05) is 0 Å². The fraction of sp³-hybridized carbons (Fsp3) is 0.231. The van der Waals surface area contributed by atoms with Crippen LogP contribution in [0.4, 0.5) is 17.3 Å². The minimum absolute atomic E-state index is 0.624. The van der Waals surface area contributed by atoms with E-state index in [1.807, 2.05) is 18.2 Å². The normalized spacial score (nSPS) is 9.84. The highest BCUT2D eigenvalue weighted by molar-refractivity contribution is 5.66. The quantitative estimate of drug-likeness (QED) is 0.859. The summed E-state index contributed by atoms with van der Waals surface area (Å²) in [6.07, 6.45) is 3.29. The summed E-state index contributed by atoms with van der Waals surface area (Å²) in [6.45, 7) is 0. The van der Waals surface area contributed by atoms with Crippen LogP contribution in [0.1, 0.15) is 0 Å². The van der Waals surface area contributed by atoms with Gasteiger partial charge >= 0.3 is 0 Å². The van der Waals surface area contributed by atoms with E-state index in [-0.39, 0.29) is 0 Å². The Balaban J connectivity index is 2.30. The predicted molar refractivity (Wildman–Crippen MR) is 74.4 cm³/mol. The first-order chi connectivity index (χ1) is 9.26. The molecule has 2 N–H and O–H groups in total. The van der Waals surface area contributed by atoms with Crippen molar-refractivity contribution in [1.82, 2.24) is 9.97 Å². The molecule has 1 aromatic carbocycles. The van der Waals surface area contributed by atoms with Gasteiger partial charge in [0.25, 0.3) is 0 Å². The van der Waals surface area contributed by atoms with Crippen LogP contribution in [0.15, 0.2) is 30.6 Å². The molecule has 0 spiro atoms. The molecular weight excluding hydrogens is 244 g/mol. The molecule has 0 saturated carbocycles. The van der Waals surface area contributed by atoms with Crippen LogP contribution in [0.25, 0.3) is 0 Å². The van der Waals surface area contributed by atoms with Crippen LogP contribution in [0, 0.1) is 0 Å². The molecule has 2 aromatic rings. The average molecular weight is 260 g/mol. The van der Waals surface area contributed by atoms with Crippen LogP contribution in [0.3, 0.4) is 0 Å². The van der Waals surface area contributed by atoms with Crippen LogP contribution < -0.4 is 20.1 Å². The third-order valence-corrected chi connectivity index (χ3v) is 2.56. The minimum Gasteiger partial charge on any atom is -0.497 e. The van der Waals surface area contributed by atoms with Gasteiger partial charge in [0.15, 0.2) is 5.82 Å². The van der Waals surface area contributed by atoms with Crippen molar-refractivity contribution in [2.45, 2.75) is 0 Å². The van der Waals surface area contributed by atoms with Gasteiger partial charge < -0.3 is 20.1 Å². The van der Waals surface area contributed by atoms with Crippen LogP contribution in [0.2, 0.25) is 0 Å². The highest BCUT2D eigenvalue weighted by atomic mass is 16.5. The molecule has 6 nitrogen and oxygen atoms in total. The van der Waals surface area contributed by atoms with Gasteiger partial charge in [0.2, 0.25) is 0 Å². The van der Waals surface area contributed by atoms with Crippen molar-refractivity contribution in [3.63, 3.8) is 0 Å². The number of aromatic nitrogens is 2. The Kier molecular flexibility index (Phi) is 4.02. The molecule has 0 aliphatic heterocycles. The third kappa shape index (κ3) is 3.04. The lowest BCUT2D eigenvalue weighted by molar-refractivity contribution is 0.405. The van der Waals surface area contributed by atoms with Gasteiger partial charge in [-0.25, -0.2) is 4.98 Å². The van der Waals surface area contributed by atoms with Crippen LogP contribution in [-0.2, 0) is 0 Å². The van der Waals surface area contributed by atoms with E-state index in [1.165, 1.54) is 0 Å². The topological polar surface area (TPSA) is 68.3 Å². The molecule has 0 fully saturated rings. The first-order valence-corrected chi connectivity index (χ1v) is 5.75. The molecule has 0 aliphatic rings. The van der Waals surface area contributed by atoms with E-state index in [4.69, 9.17) is 9.47 Å². The SMILES string of the molecule is CNc1cncc(Nc2cc(OC)ccc2OC)n1. The van der Waals surface area contributed by atoms with Crippen molar-refractivity contribution in [2.75, 3.05) is 31.9 Å². The minimum atomic E-state index is 0.624. The summed E-state index contributed by atoms with van der Waals surface area (Å²) in [5.41, 5.74) is 0.768. The summed E-state index contributed by atoms with van der Waals surface area (Å²) in [6, 6.07) is 5.50. The second-order valence-electron chi connectivity index (χ2n) is 3.73. The molecule has 0 bridgehead atoms. The predicted octanol–water partition coefficient (Wildman–Crippen LogP) is 2.28. The maximum absolute atomic E-state index is 5.29. The van der Waals surface area contributed by atoms with Gasteiger partial charge in [-0.05, 0) is 12.1 Å². The van der Waals surface area contributed by atoms with Gasteiger partial charge in [0.1, 0.15) is 17.3 Å². The molecule has 100 valence electrons. The lowest BCUT2D eigenvalue weighted by atomic mass is 10.2. The number of ether oxygens (including phenoxy) is 2. The highest BCUT2D eigenvalue weighted by Crippen LogP contribution is 2.30. The number of nitrogens with zero attached hydrogens (tertiary/aromatic N) is 2. The summed E-state index contributed by atoms with van der Waals surface area (Å²) >= 11 is 0. The molecule has 6 heteroatoms. The smallest absolute Gasteiger partial charge is 0.151 e. The fourth-order valence-electron chi connectivity index (χ4n) is 1.60. The molecule has 0 unspecified atom stereocenters. The number of nitrogens with one attached hydrogen (secondary N) is 2. The van der Waals surface area contributed by atoms with Crippen molar-refractivity contribution in [3.8, 4) is 11.5 Å². The standard InChI is InChI=1S/C13H16N4O2/c1-14-12-7-15-8-13(17-12)16-10-6-9(18-2)4-5-11(10)19-3/h4-8H,1-3H3,(H2,14,16,17). The van der Waals surface area contributed by atoms with E-state index in [9.17, 15) is 0 Å². The van der Waals surface area contributed by atoms with Crippen LogP contribution in [0.5, 0.6) is 11.5 Å². The first kappa shape index (κ1) is 12.9. The largest absolute Gasteiger partial charge is 0.497 e. The van der Waals surface area contributed by atoms with Gasteiger partial charge in [0.05, 0.1) is 32.3 Å². The van der Waals surface area contributed by atoms with E-state index in [0.717, 1.165) is 11.4 Å². The highest BCUT2D eigenvalue weighted by Gasteiger charge is 2.06. The van der Waals surface area contributed by atoms with Crippen LogP contribution in [-0.4, -0.2) is 31.2 Å². The second-order valence-corrected chi connectivity index (χ2v) is 3.73. The molecule has 0 atom stereocenters. The van der Waals surface area contributed by atoms with Crippen molar-refractivity contribution in [3.05, 3.63) is 30.6 Å². The number of methoxy groups -OCH3 is 2. The Morgan fingerprint density at radius 3 is 2.53 bits per heavy atom. The zero-order chi connectivity index (χ0) is 13.7. The summed E-state index contributed by atoms with van der Waals surface area (Å²) in [5.74, 6) is 2.75. The zero-order valence-electron chi connectivity index (χ0n) is 11.1. The van der Waals surface area contributed by atoms with Gasteiger partial charge in [0, 0.05) is 13.1 Å². The lowest BCUT2D eigenvalue weighted by Crippen LogP contribution is -2.00. The molecule has 0 aliphatic carbocycles. The van der Waals surface area contributed by atoms with E-state index in [0.29, 0.717) is 17.4 Å². The monoisotopic (exact) mass is 260 g/mol. The van der Waals surface area contributed by atoms with Crippen molar-refractivity contribution >= 4 is 17.3 Å². The van der Waals surface area contributed by atoms with E-state index in [2.05, 4.69) is 20.6 Å². The van der Waals surface area contributed by atoms with Gasteiger partial charge in [-0.3, -0.25) is 4.98 Å². The Morgan fingerprint density at radius 1 is 1.05 bits per heavy atom. The third-order valence-electron chi connectivity index (χ3n) is 2.56. The zero-order valence-corrected chi connectivity index (χ0v) is 11.1. The molecule has 1 aromatic heterocycles. The number of hydrogen-bond donors (Lipinski definition) is 2. The van der Waals surface area contributed by atoms with Crippen molar-refractivity contribution in [2.24, 2.45) is 0 Å². The molecule has 0 saturated heterocycles. The van der Waals surface area contributed by atoms with E-state index < -0.39 is 0 Å². The Labute approximate surface area is 111 Å². The van der Waals surface area contributed by atoms with Crippen molar-refractivity contribution < 1.29 is 9.47 Å². The molecular formula is C13H16N4O2. The molecule has 0 radical (unpaired) electrons. The average Bonchev–Trinajstić information content (AvgIpc) is 2.47. The second kappa shape index (κ2) is 5.90. The summed E-state index contributed by atoms with van der Waals surface area (Å²) in [5, 5.41) is 6.09. The number of anilines is 3. The Hall–Kier alpha value is -2.50. The molecule has 1 heterocycles. The summed E-state index contributed by atoms with van der Waals surface area (Å²) < 4.78 is 10.5. The summed E-state index contributed by atoms with van der Waals surface area (Å²) in [4.78, 5) is 8.43. The van der Waals surface area contributed by atoms with Crippen LogP contribution >= 0.6 is 0 Å². The van der Waals surface area contributed by atoms with Gasteiger partial charge in [-0.2, -0.15) is 0 Å². The first-order valence-electron chi connectivity index (χ1n) is 5.75. The maximum atomic E-state index is 5.29. The van der Waals surface area contributed by atoms with Gasteiger partial charge in [-0.15, -0.1) is 0 Å². The molecule has 19 heavy (non-hydrogen) atoms. The number of benzene rings is 1. The Bertz CT molecular complexity index is 560. The fourth-order valence-corrected chi connectivity index (χ4v) is 1.60. The Morgan fingerprint density at radius 2 is 1.84 bits per heavy atom. The number of hydrogen-bond acceptors (Lipinski definition) is 6. The lowest BCUT2D eigenvalue weighted by Gasteiger charge is -2.12. The summed E-state index contributed by atoms with van der Waals surface area (Å²) in [7, 11) is 5.02. The maximum Gasteiger partial charge on any atom is 0.151 e.